The Kier molecular flexibility index (Phi) is 10.6. The highest BCUT2D eigenvalue weighted by atomic mass is 32.2. The zero-order valence-corrected chi connectivity index (χ0v) is 15.1. The molecule has 0 aromatic heterocycles. The summed E-state index contributed by atoms with van der Waals surface area (Å²) in [5, 5.41) is 1.39. The Balaban J connectivity index is 4.66. The molecule has 1 amide bonds. The molecule has 7 nitrogen and oxygen atoms in total. The molecule has 0 aromatic rings. The molecular formula is C14H30N2O5S. The molecule has 1 unspecified atom stereocenters. The van der Waals surface area contributed by atoms with Crippen LogP contribution in [-0.2, 0) is 24.4 Å². The van der Waals surface area contributed by atoms with Gasteiger partial charge in [0.2, 0.25) is 15.9 Å². The van der Waals surface area contributed by atoms with Crippen molar-refractivity contribution in [1.29, 1.82) is 0 Å². The van der Waals surface area contributed by atoms with Gasteiger partial charge < -0.3 is 4.74 Å². The summed E-state index contributed by atoms with van der Waals surface area (Å²) in [5.74, 6) is -0.218. The maximum Gasteiger partial charge on any atom is 0.248 e. The van der Waals surface area contributed by atoms with Gasteiger partial charge in [-0.3, -0.25) is 9.63 Å². The van der Waals surface area contributed by atoms with E-state index >= 15 is 0 Å². The number of nitrogens with one attached hydrogen (secondary N) is 1. The number of amides is 1. The fraction of sp³-hybridized carbons (Fsp3) is 0.929. The molecule has 0 aliphatic heterocycles. The van der Waals surface area contributed by atoms with Gasteiger partial charge in [-0.15, -0.1) is 0 Å². The molecule has 0 spiro atoms. The van der Waals surface area contributed by atoms with Crippen molar-refractivity contribution in [2.75, 3.05) is 33.1 Å². The summed E-state index contributed by atoms with van der Waals surface area (Å²) in [6.07, 6.45) is 2.69. The van der Waals surface area contributed by atoms with Crippen molar-refractivity contribution in [3.05, 3.63) is 0 Å². The Morgan fingerprint density at radius 3 is 2.36 bits per heavy atom. The predicted octanol–water partition coefficient (Wildman–Crippen LogP) is 1.16. The van der Waals surface area contributed by atoms with Gasteiger partial charge in [0, 0.05) is 32.7 Å². The summed E-state index contributed by atoms with van der Waals surface area (Å²) >= 11 is 0. The van der Waals surface area contributed by atoms with Crippen molar-refractivity contribution in [3.8, 4) is 0 Å². The van der Waals surface area contributed by atoms with Gasteiger partial charge in [0.15, 0.2) is 0 Å². The van der Waals surface area contributed by atoms with Crippen LogP contribution in [0.5, 0.6) is 0 Å². The number of carbonyl (C=O) groups excluding carboxylic acids is 1. The SMILES string of the molecule is CCCN(OC(CCNS(C)(=O)=O)CCOC)C(=O)C(C)C. The molecule has 0 rings (SSSR count). The Morgan fingerprint density at radius 2 is 1.91 bits per heavy atom. The number of methoxy groups -OCH3 is 1. The van der Waals surface area contributed by atoms with Crippen molar-refractivity contribution in [2.45, 2.75) is 46.1 Å². The monoisotopic (exact) mass is 338 g/mol. The number of hydrogen-bond acceptors (Lipinski definition) is 5. The molecule has 0 aromatic carbocycles. The number of ether oxygens (including phenoxy) is 1. The maximum absolute atomic E-state index is 12.1. The quantitative estimate of drug-likeness (QED) is 0.540. The molecular weight excluding hydrogens is 308 g/mol. The Hall–Kier alpha value is -0.700. The summed E-state index contributed by atoms with van der Waals surface area (Å²) in [6.45, 7) is 6.88. The first-order chi connectivity index (χ1) is 10.2. The zero-order chi connectivity index (χ0) is 17.2. The lowest BCUT2D eigenvalue weighted by Gasteiger charge is -2.28. The van der Waals surface area contributed by atoms with E-state index < -0.39 is 10.0 Å². The summed E-state index contributed by atoms with van der Waals surface area (Å²) in [6, 6.07) is 0. The third-order valence-corrected chi connectivity index (χ3v) is 3.65. The van der Waals surface area contributed by atoms with Crippen LogP contribution in [0.2, 0.25) is 0 Å². The van der Waals surface area contributed by atoms with E-state index in [1.54, 1.807) is 7.11 Å². The van der Waals surface area contributed by atoms with Crippen LogP contribution in [0, 0.1) is 5.92 Å². The molecule has 0 radical (unpaired) electrons. The minimum atomic E-state index is -3.23. The largest absolute Gasteiger partial charge is 0.385 e. The standard InChI is InChI=1S/C14H30N2O5S/c1-6-10-16(14(17)12(2)3)21-13(8-11-20-4)7-9-15-22(5,18)19/h12-13,15H,6-11H2,1-5H3. The number of hydroxylamine groups is 2. The molecule has 0 aliphatic rings. The average molecular weight is 338 g/mol. The Bertz CT molecular complexity index is 411. The van der Waals surface area contributed by atoms with Crippen LogP contribution < -0.4 is 4.72 Å². The molecule has 0 bridgehead atoms. The molecule has 22 heavy (non-hydrogen) atoms. The third-order valence-electron chi connectivity index (χ3n) is 2.92. The number of hydrogen-bond donors (Lipinski definition) is 1. The van der Waals surface area contributed by atoms with Gasteiger partial charge in [0.25, 0.3) is 0 Å². The van der Waals surface area contributed by atoms with E-state index in [1.807, 2.05) is 20.8 Å². The fourth-order valence-corrected chi connectivity index (χ4v) is 2.28. The lowest BCUT2D eigenvalue weighted by molar-refractivity contribution is -0.212. The normalized spacial score (nSPS) is 13.4. The second kappa shape index (κ2) is 10.9. The molecule has 8 heteroatoms. The van der Waals surface area contributed by atoms with Crippen LogP contribution in [0.4, 0.5) is 0 Å². The van der Waals surface area contributed by atoms with Crippen LogP contribution in [-0.4, -0.2) is 58.6 Å². The Labute approximate surface area is 134 Å². The fourth-order valence-electron chi connectivity index (χ4n) is 1.79. The van der Waals surface area contributed by atoms with Crippen LogP contribution in [0.15, 0.2) is 0 Å². The number of sulfonamides is 1. The van der Waals surface area contributed by atoms with Crippen molar-refractivity contribution < 1.29 is 22.8 Å². The minimum Gasteiger partial charge on any atom is -0.385 e. The first kappa shape index (κ1) is 21.3. The summed E-state index contributed by atoms with van der Waals surface area (Å²) < 4.78 is 29.7. The van der Waals surface area contributed by atoms with Crippen molar-refractivity contribution in [3.63, 3.8) is 0 Å². The zero-order valence-electron chi connectivity index (χ0n) is 14.3. The molecule has 0 fully saturated rings. The highest BCUT2D eigenvalue weighted by molar-refractivity contribution is 7.88. The van der Waals surface area contributed by atoms with Gasteiger partial charge in [-0.05, 0) is 19.3 Å². The minimum absolute atomic E-state index is 0.0691. The van der Waals surface area contributed by atoms with Gasteiger partial charge >= 0.3 is 0 Å². The highest BCUT2D eigenvalue weighted by Crippen LogP contribution is 2.11. The molecule has 1 atom stereocenters. The first-order valence-electron chi connectivity index (χ1n) is 7.63. The number of rotatable bonds is 12. The lowest BCUT2D eigenvalue weighted by atomic mass is 10.2. The Morgan fingerprint density at radius 1 is 1.27 bits per heavy atom. The first-order valence-corrected chi connectivity index (χ1v) is 9.52. The topological polar surface area (TPSA) is 84.9 Å². The molecule has 0 aliphatic carbocycles. The number of nitrogens with zero attached hydrogens (tertiary/aromatic N) is 1. The van der Waals surface area contributed by atoms with Crippen molar-refractivity contribution >= 4 is 15.9 Å². The van der Waals surface area contributed by atoms with E-state index in [2.05, 4.69) is 4.72 Å². The average Bonchev–Trinajstić information content (AvgIpc) is 2.41. The van der Waals surface area contributed by atoms with Crippen molar-refractivity contribution in [2.24, 2.45) is 5.92 Å². The van der Waals surface area contributed by atoms with Gasteiger partial charge in [-0.1, -0.05) is 20.8 Å². The van der Waals surface area contributed by atoms with E-state index in [1.165, 1.54) is 5.06 Å². The molecule has 0 heterocycles. The van der Waals surface area contributed by atoms with Crippen LogP contribution in [0.25, 0.3) is 0 Å². The van der Waals surface area contributed by atoms with Crippen molar-refractivity contribution in [1.82, 2.24) is 9.79 Å². The lowest BCUT2D eigenvalue weighted by Crippen LogP contribution is -2.39. The summed E-state index contributed by atoms with van der Waals surface area (Å²) in [4.78, 5) is 17.9. The second-order valence-electron chi connectivity index (χ2n) is 5.56. The van der Waals surface area contributed by atoms with Gasteiger partial charge in [-0.2, -0.15) is 0 Å². The van der Waals surface area contributed by atoms with Crippen LogP contribution >= 0.6 is 0 Å². The molecule has 1 N–H and O–H groups in total. The van der Waals surface area contributed by atoms with Gasteiger partial charge in [-0.25, -0.2) is 18.2 Å². The summed E-state index contributed by atoms with van der Waals surface area (Å²) in [5.41, 5.74) is 0. The van der Waals surface area contributed by atoms with Gasteiger partial charge in [0.1, 0.15) is 0 Å². The maximum atomic E-state index is 12.1. The van der Waals surface area contributed by atoms with E-state index in [0.29, 0.717) is 26.0 Å². The van der Waals surface area contributed by atoms with E-state index in [0.717, 1.165) is 12.7 Å². The third kappa shape index (κ3) is 10.1. The van der Waals surface area contributed by atoms with E-state index in [-0.39, 0.29) is 24.5 Å². The number of carbonyl (C=O) groups is 1. The molecule has 0 saturated carbocycles. The van der Waals surface area contributed by atoms with E-state index in [9.17, 15) is 13.2 Å². The van der Waals surface area contributed by atoms with Gasteiger partial charge in [0.05, 0.1) is 12.4 Å². The van der Waals surface area contributed by atoms with E-state index in [4.69, 9.17) is 9.57 Å². The van der Waals surface area contributed by atoms with Crippen LogP contribution in [0.1, 0.15) is 40.0 Å². The smallest absolute Gasteiger partial charge is 0.248 e. The van der Waals surface area contributed by atoms with Crippen LogP contribution in [0.3, 0.4) is 0 Å². The molecule has 0 saturated heterocycles. The second-order valence-corrected chi connectivity index (χ2v) is 7.39. The predicted molar refractivity (Wildman–Crippen MR) is 85.7 cm³/mol. The highest BCUT2D eigenvalue weighted by Gasteiger charge is 2.21. The summed E-state index contributed by atoms with van der Waals surface area (Å²) in [7, 11) is -1.63. The molecule has 132 valence electrons.